The Balaban J connectivity index is 3.08. The molecular weight excluding hydrogens is 246 g/mol. The van der Waals surface area contributed by atoms with E-state index in [0.29, 0.717) is 13.1 Å². The van der Waals surface area contributed by atoms with Gasteiger partial charge in [-0.15, -0.1) is 11.8 Å². The summed E-state index contributed by atoms with van der Waals surface area (Å²) in [7, 11) is 1.65. The van der Waals surface area contributed by atoms with Crippen LogP contribution in [0.15, 0.2) is 23.1 Å². The summed E-state index contributed by atoms with van der Waals surface area (Å²) in [6, 6.07) is 6.09. The number of amides is 1. The average Bonchev–Trinajstić information content (AvgIpc) is 2.43. The standard InChI is InChI=1S/C13H21N3OS/c1-4-16(9-13(17)15-2)11-6-5-7-12(18-3)10(11)8-14/h5-7H,4,8-9,14H2,1-3H3,(H,15,17). The van der Waals surface area contributed by atoms with E-state index in [-0.39, 0.29) is 5.91 Å². The van der Waals surface area contributed by atoms with Crippen molar-refractivity contribution in [1.82, 2.24) is 5.32 Å². The molecule has 1 rings (SSSR count). The number of hydrogen-bond acceptors (Lipinski definition) is 4. The predicted octanol–water partition coefficient (Wildman–Crippen LogP) is 1.44. The lowest BCUT2D eigenvalue weighted by atomic mass is 10.1. The Kier molecular flexibility index (Phi) is 6.01. The molecular formula is C13H21N3OS. The third kappa shape index (κ3) is 3.40. The van der Waals surface area contributed by atoms with Crippen LogP contribution in [0, 0.1) is 0 Å². The maximum Gasteiger partial charge on any atom is 0.239 e. The van der Waals surface area contributed by atoms with E-state index >= 15 is 0 Å². The Bertz CT molecular complexity index is 409. The molecule has 18 heavy (non-hydrogen) atoms. The summed E-state index contributed by atoms with van der Waals surface area (Å²) >= 11 is 1.68. The fraction of sp³-hybridized carbons (Fsp3) is 0.462. The number of anilines is 1. The zero-order valence-electron chi connectivity index (χ0n) is 11.2. The molecule has 0 saturated heterocycles. The van der Waals surface area contributed by atoms with Crippen molar-refractivity contribution in [2.45, 2.75) is 18.4 Å². The molecule has 0 heterocycles. The van der Waals surface area contributed by atoms with Gasteiger partial charge in [0.15, 0.2) is 0 Å². The fourth-order valence-corrected chi connectivity index (χ4v) is 2.52. The first-order valence-electron chi connectivity index (χ1n) is 5.99. The number of nitrogens with two attached hydrogens (primary N) is 1. The molecule has 0 unspecified atom stereocenters. The van der Waals surface area contributed by atoms with Crippen LogP contribution in [-0.4, -0.2) is 32.3 Å². The van der Waals surface area contributed by atoms with Gasteiger partial charge in [0, 0.05) is 36.3 Å². The zero-order valence-corrected chi connectivity index (χ0v) is 12.0. The minimum absolute atomic E-state index is 0.00868. The number of nitrogens with zero attached hydrogens (tertiary/aromatic N) is 1. The molecule has 0 atom stereocenters. The molecule has 100 valence electrons. The number of benzene rings is 1. The van der Waals surface area contributed by atoms with Crippen LogP contribution >= 0.6 is 11.8 Å². The van der Waals surface area contributed by atoms with Crippen molar-refractivity contribution in [1.29, 1.82) is 0 Å². The highest BCUT2D eigenvalue weighted by Gasteiger charge is 2.14. The van der Waals surface area contributed by atoms with E-state index in [2.05, 4.69) is 11.4 Å². The lowest BCUT2D eigenvalue weighted by Gasteiger charge is -2.25. The van der Waals surface area contributed by atoms with Gasteiger partial charge in [-0.25, -0.2) is 0 Å². The molecule has 0 spiro atoms. The van der Waals surface area contributed by atoms with Crippen LogP contribution in [0.3, 0.4) is 0 Å². The normalized spacial score (nSPS) is 10.2. The summed E-state index contributed by atoms with van der Waals surface area (Å²) in [6.45, 7) is 3.65. The molecule has 0 saturated carbocycles. The van der Waals surface area contributed by atoms with Gasteiger partial charge >= 0.3 is 0 Å². The number of rotatable bonds is 6. The number of nitrogens with one attached hydrogen (secondary N) is 1. The number of carbonyl (C=O) groups is 1. The highest BCUT2D eigenvalue weighted by molar-refractivity contribution is 7.98. The largest absolute Gasteiger partial charge is 0.362 e. The lowest BCUT2D eigenvalue weighted by Crippen LogP contribution is -2.36. The van der Waals surface area contributed by atoms with Crippen LogP contribution in [0.2, 0.25) is 0 Å². The maximum absolute atomic E-state index is 11.5. The Hall–Kier alpha value is -1.20. The second-order valence-electron chi connectivity index (χ2n) is 3.85. The van der Waals surface area contributed by atoms with Gasteiger partial charge in [-0.3, -0.25) is 4.79 Å². The second-order valence-corrected chi connectivity index (χ2v) is 4.70. The van der Waals surface area contributed by atoms with Gasteiger partial charge in [0.2, 0.25) is 5.91 Å². The van der Waals surface area contributed by atoms with Crippen molar-refractivity contribution in [3.8, 4) is 0 Å². The Morgan fingerprint density at radius 2 is 2.22 bits per heavy atom. The lowest BCUT2D eigenvalue weighted by molar-refractivity contribution is -0.119. The van der Waals surface area contributed by atoms with Crippen molar-refractivity contribution < 1.29 is 4.79 Å². The van der Waals surface area contributed by atoms with Gasteiger partial charge in [0.25, 0.3) is 0 Å². The minimum Gasteiger partial charge on any atom is -0.362 e. The first-order chi connectivity index (χ1) is 8.67. The summed E-state index contributed by atoms with van der Waals surface area (Å²) in [5.41, 5.74) is 8.00. The number of hydrogen-bond donors (Lipinski definition) is 2. The van der Waals surface area contributed by atoms with Crippen LogP contribution in [0.25, 0.3) is 0 Å². The van der Waals surface area contributed by atoms with Crippen LogP contribution in [0.1, 0.15) is 12.5 Å². The molecule has 1 amide bonds. The quantitative estimate of drug-likeness (QED) is 0.766. The van der Waals surface area contributed by atoms with Gasteiger partial charge in [-0.1, -0.05) is 6.07 Å². The van der Waals surface area contributed by atoms with Crippen LogP contribution in [0.5, 0.6) is 0 Å². The molecule has 3 N–H and O–H groups in total. The molecule has 1 aromatic rings. The third-order valence-corrected chi connectivity index (χ3v) is 3.69. The highest BCUT2D eigenvalue weighted by atomic mass is 32.2. The van der Waals surface area contributed by atoms with Crippen molar-refractivity contribution in [3.05, 3.63) is 23.8 Å². The Morgan fingerprint density at radius 3 is 2.72 bits per heavy atom. The first-order valence-corrected chi connectivity index (χ1v) is 7.21. The average molecular weight is 267 g/mol. The predicted molar refractivity (Wildman–Crippen MR) is 78.1 cm³/mol. The van der Waals surface area contributed by atoms with E-state index < -0.39 is 0 Å². The van der Waals surface area contributed by atoms with Gasteiger partial charge < -0.3 is 16.0 Å². The summed E-state index contributed by atoms with van der Waals surface area (Å²) < 4.78 is 0. The Morgan fingerprint density at radius 1 is 1.50 bits per heavy atom. The van der Waals surface area contributed by atoms with E-state index in [9.17, 15) is 4.79 Å². The van der Waals surface area contributed by atoms with Gasteiger partial charge in [0.05, 0.1) is 6.54 Å². The number of carbonyl (C=O) groups excluding carboxylic acids is 1. The molecule has 0 bridgehead atoms. The molecule has 0 aromatic heterocycles. The van der Waals surface area contributed by atoms with Crippen LogP contribution < -0.4 is 16.0 Å². The van der Waals surface area contributed by atoms with E-state index in [1.54, 1.807) is 18.8 Å². The molecule has 0 radical (unpaired) electrons. The van der Waals surface area contributed by atoms with Crippen molar-refractivity contribution in [2.75, 3.05) is 31.3 Å². The topological polar surface area (TPSA) is 58.4 Å². The maximum atomic E-state index is 11.5. The van der Waals surface area contributed by atoms with E-state index in [0.717, 1.165) is 17.8 Å². The summed E-state index contributed by atoms with van der Waals surface area (Å²) in [6.07, 6.45) is 2.04. The monoisotopic (exact) mass is 267 g/mol. The number of likely N-dealkylation sites (N-methyl/N-ethyl adjacent to an activating group) is 2. The molecule has 0 aliphatic rings. The molecule has 1 aromatic carbocycles. The SMILES string of the molecule is CCN(CC(=O)NC)c1cccc(SC)c1CN. The molecule has 4 nitrogen and oxygen atoms in total. The second kappa shape index (κ2) is 7.28. The third-order valence-electron chi connectivity index (χ3n) is 2.87. The van der Waals surface area contributed by atoms with Gasteiger partial charge in [-0.05, 0) is 25.3 Å². The smallest absolute Gasteiger partial charge is 0.239 e. The van der Waals surface area contributed by atoms with E-state index in [4.69, 9.17) is 5.73 Å². The van der Waals surface area contributed by atoms with Crippen LogP contribution in [0.4, 0.5) is 5.69 Å². The van der Waals surface area contributed by atoms with Crippen molar-refractivity contribution >= 4 is 23.4 Å². The van der Waals surface area contributed by atoms with Crippen molar-refractivity contribution in [3.63, 3.8) is 0 Å². The summed E-state index contributed by atoms with van der Waals surface area (Å²) in [4.78, 5) is 14.7. The minimum atomic E-state index is 0.00868. The van der Waals surface area contributed by atoms with Crippen molar-refractivity contribution in [2.24, 2.45) is 5.73 Å². The zero-order chi connectivity index (χ0) is 13.5. The summed E-state index contributed by atoms with van der Waals surface area (Å²) in [5.74, 6) is 0.00868. The van der Waals surface area contributed by atoms with Gasteiger partial charge in [0.1, 0.15) is 0 Å². The number of thioether (sulfide) groups is 1. The van der Waals surface area contributed by atoms with E-state index in [1.165, 1.54) is 4.90 Å². The molecule has 0 fully saturated rings. The van der Waals surface area contributed by atoms with Crippen LogP contribution in [-0.2, 0) is 11.3 Å². The molecule has 5 heteroatoms. The summed E-state index contributed by atoms with van der Waals surface area (Å²) in [5, 5.41) is 2.65. The molecule has 0 aliphatic heterocycles. The first kappa shape index (κ1) is 14.9. The Labute approximate surface area is 113 Å². The highest BCUT2D eigenvalue weighted by Crippen LogP contribution is 2.29. The van der Waals surface area contributed by atoms with E-state index in [1.807, 2.05) is 30.2 Å². The molecule has 0 aliphatic carbocycles. The fourth-order valence-electron chi connectivity index (χ4n) is 1.87. The van der Waals surface area contributed by atoms with Gasteiger partial charge in [-0.2, -0.15) is 0 Å².